The number of nitrogens with zero attached hydrogens (tertiary/aromatic N) is 1. The molecule has 0 atom stereocenters. The Morgan fingerprint density at radius 1 is 0.967 bits per heavy atom. The van der Waals surface area contributed by atoms with Crippen molar-refractivity contribution in [3.63, 3.8) is 0 Å². The van der Waals surface area contributed by atoms with E-state index in [1.807, 2.05) is 17.0 Å². The van der Waals surface area contributed by atoms with Crippen LogP contribution in [0.4, 0.5) is 17.1 Å². The van der Waals surface area contributed by atoms with Gasteiger partial charge in [0.1, 0.15) is 11.4 Å². The van der Waals surface area contributed by atoms with Crippen LogP contribution in [0.5, 0.6) is 0 Å². The SMILES string of the molecule is O=C(Nc1cccc(Cl)c1)c1ccc(CNc2c(N3CCCCC3)c(=O)c2=O)cc1. The monoisotopic (exact) mass is 423 g/mol. The minimum atomic E-state index is -0.451. The van der Waals surface area contributed by atoms with Crippen molar-refractivity contribution < 1.29 is 4.79 Å². The van der Waals surface area contributed by atoms with E-state index in [0.29, 0.717) is 34.2 Å². The topological polar surface area (TPSA) is 78.5 Å². The Morgan fingerprint density at radius 3 is 2.40 bits per heavy atom. The zero-order chi connectivity index (χ0) is 21.1. The highest BCUT2D eigenvalue weighted by Gasteiger charge is 2.26. The van der Waals surface area contributed by atoms with Crippen molar-refractivity contribution in [3.8, 4) is 0 Å². The van der Waals surface area contributed by atoms with Gasteiger partial charge in [-0.2, -0.15) is 0 Å². The molecule has 0 saturated carbocycles. The van der Waals surface area contributed by atoms with Crippen molar-refractivity contribution in [1.82, 2.24) is 0 Å². The van der Waals surface area contributed by atoms with Crippen molar-refractivity contribution in [1.29, 1.82) is 0 Å². The van der Waals surface area contributed by atoms with Crippen LogP contribution in [-0.2, 0) is 6.54 Å². The van der Waals surface area contributed by atoms with Crippen molar-refractivity contribution >= 4 is 34.6 Å². The summed E-state index contributed by atoms with van der Waals surface area (Å²) in [6, 6.07) is 14.1. The summed E-state index contributed by atoms with van der Waals surface area (Å²) in [5.41, 5.74) is 2.14. The lowest BCUT2D eigenvalue weighted by Crippen LogP contribution is -2.44. The van der Waals surface area contributed by atoms with Crippen molar-refractivity contribution in [2.45, 2.75) is 25.8 Å². The second kappa shape index (κ2) is 8.71. The number of anilines is 3. The average molecular weight is 424 g/mol. The van der Waals surface area contributed by atoms with Crippen LogP contribution in [0, 0.1) is 0 Å². The van der Waals surface area contributed by atoms with Gasteiger partial charge < -0.3 is 15.5 Å². The molecular weight excluding hydrogens is 402 g/mol. The molecule has 3 aromatic carbocycles. The second-order valence-corrected chi connectivity index (χ2v) is 7.88. The Labute approximate surface area is 179 Å². The van der Waals surface area contributed by atoms with Crippen molar-refractivity contribution in [2.75, 3.05) is 28.6 Å². The van der Waals surface area contributed by atoms with Crippen LogP contribution in [0.15, 0.2) is 58.1 Å². The molecule has 1 fully saturated rings. The molecule has 0 aliphatic carbocycles. The molecule has 30 heavy (non-hydrogen) atoms. The highest BCUT2D eigenvalue weighted by atomic mass is 35.5. The molecule has 3 aromatic rings. The van der Waals surface area contributed by atoms with Gasteiger partial charge in [-0.25, -0.2) is 0 Å². The van der Waals surface area contributed by atoms with Crippen LogP contribution in [0.2, 0.25) is 5.02 Å². The summed E-state index contributed by atoms with van der Waals surface area (Å²) < 4.78 is 0. The summed E-state index contributed by atoms with van der Waals surface area (Å²) in [5, 5.41) is 6.47. The Kier molecular flexibility index (Phi) is 5.86. The third-order valence-corrected chi connectivity index (χ3v) is 5.56. The average Bonchev–Trinajstić information content (AvgIpc) is 2.77. The molecular formula is C23H22ClN3O3. The van der Waals surface area contributed by atoms with Crippen LogP contribution in [-0.4, -0.2) is 19.0 Å². The van der Waals surface area contributed by atoms with Gasteiger partial charge in [0, 0.05) is 35.9 Å². The summed E-state index contributed by atoms with van der Waals surface area (Å²) >= 11 is 5.94. The van der Waals surface area contributed by atoms with E-state index in [-0.39, 0.29) is 5.91 Å². The molecule has 2 N–H and O–H groups in total. The van der Waals surface area contributed by atoms with E-state index in [9.17, 15) is 14.4 Å². The van der Waals surface area contributed by atoms with Crippen LogP contribution >= 0.6 is 11.6 Å². The van der Waals surface area contributed by atoms with Gasteiger partial charge in [-0.05, 0) is 55.2 Å². The fraction of sp³-hybridized carbons (Fsp3) is 0.261. The quantitative estimate of drug-likeness (QED) is 0.590. The Balaban J connectivity index is 1.39. The Hall–Kier alpha value is -3.12. The number of hydrogen-bond acceptors (Lipinski definition) is 5. The van der Waals surface area contributed by atoms with Crippen molar-refractivity contribution in [2.24, 2.45) is 0 Å². The number of hydrogen-bond donors (Lipinski definition) is 2. The zero-order valence-corrected chi connectivity index (χ0v) is 17.2. The number of halogens is 1. The summed E-state index contributed by atoms with van der Waals surface area (Å²) in [7, 11) is 0. The maximum Gasteiger partial charge on any atom is 0.255 e. The molecule has 0 unspecified atom stereocenters. The molecule has 0 aromatic heterocycles. The van der Waals surface area contributed by atoms with Crippen LogP contribution < -0.4 is 26.4 Å². The molecule has 0 spiro atoms. The van der Waals surface area contributed by atoms with E-state index in [1.165, 1.54) is 0 Å². The fourth-order valence-electron chi connectivity index (χ4n) is 3.70. The van der Waals surface area contributed by atoms with E-state index in [2.05, 4.69) is 10.6 Å². The lowest BCUT2D eigenvalue weighted by Gasteiger charge is -2.30. The van der Waals surface area contributed by atoms with Gasteiger partial charge in [-0.15, -0.1) is 0 Å². The minimum absolute atomic E-state index is 0.230. The largest absolute Gasteiger partial charge is 0.376 e. The van der Waals surface area contributed by atoms with E-state index in [1.54, 1.807) is 36.4 Å². The normalized spacial score (nSPS) is 14.0. The molecule has 154 valence electrons. The molecule has 1 heterocycles. The minimum Gasteiger partial charge on any atom is -0.376 e. The van der Waals surface area contributed by atoms with Gasteiger partial charge in [0.15, 0.2) is 0 Å². The zero-order valence-electron chi connectivity index (χ0n) is 16.4. The first kappa shape index (κ1) is 20.2. The summed E-state index contributed by atoms with van der Waals surface area (Å²) in [4.78, 5) is 38.5. The van der Waals surface area contributed by atoms with Gasteiger partial charge in [-0.3, -0.25) is 14.4 Å². The smallest absolute Gasteiger partial charge is 0.255 e. The first-order valence-electron chi connectivity index (χ1n) is 10.0. The van der Waals surface area contributed by atoms with Gasteiger partial charge in [-0.1, -0.05) is 29.8 Å². The molecule has 1 saturated heterocycles. The van der Waals surface area contributed by atoms with Crippen LogP contribution in [0.25, 0.3) is 0 Å². The number of carbonyl (C=O) groups is 1. The highest BCUT2D eigenvalue weighted by Crippen LogP contribution is 2.24. The van der Waals surface area contributed by atoms with E-state index in [4.69, 9.17) is 11.6 Å². The van der Waals surface area contributed by atoms with Crippen LogP contribution in [0.1, 0.15) is 35.2 Å². The maximum atomic E-state index is 12.4. The first-order chi connectivity index (χ1) is 14.5. The molecule has 0 radical (unpaired) electrons. The molecule has 1 amide bonds. The van der Waals surface area contributed by atoms with Gasteiger partial charge in [0.25, 0.3) is 16.8 Å². The fourth-order valence-corrected chi connectivity index (χ4v) is 3.89. The highest BCUT2D eigenvalue weighted by molar-refractivity contribution is 6.31. The molecule has 1 aliphatic heterocycles. The number of piperidine rings is 1. The van der Waals surface area contributed by atoms with E-state index >= 15 is 0 Å². The lowest BCUT2D eigenvalue weighted by atomic mass is 10.1. The molecule has 0 bridgehead atoms. The number of carbonyl (C=O) groups excluding carboxylic acids is 1. The lowest BCUT2D eigenvalue weighted by molar-refractivity contribution is 0.102. The van der Waals surface area contributed by atoms with E-state index in [0.717, 1.165) is 37.9 Å². The standard InChI is InChI=1S/C23H22ClN3O3/c24-17-5-4-6-18(13-17)26-23(30)16-9-7-15(8-10-16)14-25-19-20(22(29)21(19)28)27-11-2-1-3-12-27/h4-10,13,25H,1-3,11-12,14H2,(H,26,30). The first-order valence-corrected chi connectivity index (χ1v) is 10.4. The number of nitrogens with one attached hydrogen (secondary N) is 2. The summed E-state index contributed by atoms with van der Waals surface area (Å²) in [6.45, 7) is 2.04. The van der Waals surface area contributed by atoms with Gasteiger partial charge >= 0.3 is 0 Å². The third kappa shape index (κ3) is 4.24. The number of benzene rings is 2. The Bertz CT molecular complexity index is 1130. The Morgan fingerprint density at radius 2 is 1.70 bits per heavy atom. The molecule has 4 rings (SSSR count). The third-order valence-electron chi connectivity index (χ3n) is 5.33. The molecule has 7 heteroatoms. The van der Waals surface area contributed by atoms with Crippen LogP contribution in [0.3, 0.4) is 0 Å². The number of rotatable bonds is 6. The van der Waals surface area contributed by atoms with Gasteiger partial charge in [0.05, 0.1) is 0 Å². The van der Waals surface area contributed by atoms with Gasteiger partial charge in [0.2, 0.25) is 0 Å². The predicted molar refractivity (Wildman–Crippen MR) is 121 cm³/mol. The molecule has 6 nitrogen and oxygen atoms in total. The van der Waals surface area contributed by atoms with Crippen molar-refractivity contribution in [3.05, 3.63) is 85.1 Å². The summed E-state index contributed by atoms with van der Waals surface area (Å²) in [6.07, 6.45) is 3.24. The number of amides is 1. The predicted octanol–water partition coefficient (Wildman–Crippen LogP) is 3.79. The molecule has 1 aliphatic rings. The second-order valence-electron chi connectivity index (χ2n) is 7.44. The summed E-state index contributed by atoms with van der Waals surface area (Å²) in [5.74, 6) is -0.230. The van der Waals surface area contributed by atoms with E-state index < -0.39 is 10.9 Å². The maximum absolute atomic E-state index is 12.4.